The maximum absolute atomic E-state index is 10.4. The zero-order chi connectivity index (χ0) is 9.41. The van der Waals surface area contributed by atoms with Gasteiger partial charge in [-0.3, -0.25) is 0 Å². The van der Waals surface area contributed by atoms with Gasteiger partial charge in [0.15, 0.2) is 0 Å². The highest BCUT2D eigenvalue weighted by molar-refractivity contribution is 5.51. The molecule has 2 heteroatoms. The first-order chi connectivity index (χ1) is 5.40. The molecule has 0 aromatic heterocycles. The minimum Gasteiger partial charge on any atom is -0.389 e. The largest absolute Gasteiger partial charge is 0.389 e. The number of aliphatic hydroxyl groups is 1. The average Bonchev–Trinajstić information content (AvgIpc) is 2.02. The zero-order valence-corrected chi connectivity index (χ0v) is 8.13. The van der Waals surface area contributed by atoms with E-state index < -0.39 is 5.60 Å². The molecule has 0 aromatic carbocycles. The molecule has 1 saturated carbocycles. The molecule has 0 amide bonds. The van der Waals surface area contributed by atoms with Gasteiger partial charge in [0.25, 0.3) is 0 Å². The summed E-state index contributed by atoms with van der Waals surface area (Å²) in [5.74, 6) is 0.248. The molecule has 0 aromatic rings. The Morgan fingerprint density at radius 3 is 2.50 bits per heavy atom. The van der Waals surface area contributed by atoms with E-state index in [9.17, 15) is 9.90 Å². The van der Waals surface area contributed by atoms with Gasteiger partial charge in [0.1, 0.15) is 6.29 Å². The van der Waals surface area contributed by atoms with Crippen molar-refractivity contribution in [3.63, 3.8) is 0 Å². The summed E-state index contributed by atoms with van der Waals surface area (Å²) >= 11 is 0. The van der Waals surface area contributed by atoms with Crippen LogP contribution in [-0.2, 0) is 4.79 Å². The molecule has 0 spiro atoms. The Bertz CT molecular complexity index is 186. The van der Waals surface area contributed by atoms with Crippen LogP contribution >= 0.6 is 0 Å². The lowest BCUT2D eigenvalue weighted by molar-refractivity contribution is -0.113. The molecule has 1 fully saturated rings. The van der Waals surface area contributed by atoms with Gasteiger partial charge in [0.2, 0.25) is 0 Å². The van der Waals surface area contributed by atoms with Crippen LogP contribution in [0.25, 0.3) is 0 Å². The van der Waals surface area contributed by atoms with Crippen LogP contribution in [0.5, 0.6) is 0 Å². The monoisotopic (exact) mass is 170 g/mol. The van der Waals surface area contributed by atoms with Crippen molar-refractivity contribution in [1.29, 1.82) is 0 Å². The van der Waals surface area contributed by atoms with E-state index in [1.54, 1.807) is 0 Å². The molecule has 0 radical (unpaired) electrons. The minimum absolute atomic E-state index is 0.192. The van der Waals surface area contributed by atoms with E-state index in [-0.39, 0.29) is 17.8 Å². The Morgan fingerprint density at radius 1 is 1.58 bits per heavy atom. The van der Waals surface area contributed by atoms with E-state index in [0.29, 0.717) is 0 Å². The molecule has 0 bridgehead atoms. The number of hydrogen-bond donors (Lipinski definition) is 1. The Morgan fingerprint density at radius 2 is 2.17 bits per heavy atom. The van der Waals surface area contributed by atoms with Gasteiger partial charge in [-0.15, -0.1) is 0 Å². The van der Waals surface area contributed by atoms with Gasteiger partial charge < -0.3 is 9.90 Å². The van der Waals surface area contributed by atoms with Gasteiger partial charge in [-0.2, -0.15) is 0 Å². The van der Waals surface area contributed by atoms with Gasteiger partial charge in [0.05, 0.1) is 5.60 Å². The van der Waals surface area contributed by atoms with E-state index in [4.69, 9.17) is 0 Å². The average molecular weight is 170 g/mol. The minimum atomic E-state index is -0.731. The first kappa shape index (κ1) is 9.72. The first-order valence-electron chi connectivity index (χ1n) is 4.56. The summed E-state index contributed by atoms with van der Waals surface area (Å²) in [6.45, 7) is 6.32. The quantitative estimate of drug-likeness (QED) is 0.641. The topological polar surface area (TPSA) is 37.3 Å². The smallest absolute Gasteiger partial charge is 0.122 e. The summed E-state index contributed by atoms with van der Waals surface area (Å²) in [5.41, 5.74) is -0.539. The number of aldehydes is 1. The molecule has 2 unspecified atom stereocenters. The molecule has 1 aliphatic carbocycles. The fourth-order valence-electron chi connectivity index (χ4n) is 2.51. The highest BCUT2D eigenvalue weighted by Gasteiger charge is 2.46. The van der Waals surface area contributed by atoms with Crippen molar-refractivity contribution in [3.8, 4) is 0 Å². The standard InChI is InChI=1S/C10H18O2/c1-8-6-9(2,3)7-10(8,12)4-5-11/h5,8,12H,4,6-7H2,1-3H3. The Balaban J connectivity index is 2.73. The third kappa shape index (κ3) is 1.69. The van der Waals surface area contributed by atoms with E-state index >= 15 is 0 Å². The summed E-state index contributed by atoms with van der Waals surface area (Å²) < 4.78 is 0. The van der Waals surface area contributed by atoms with Crippen LogP contribution < -0.4 is 0 Å². The molecule has 70 valence electrons. The second-order valence-corrected chi connectivity index (χ2v) is 4.92. The molecule has 12 heavy (non-hydrogen) atoms. The zero-order valence-electron chi connectivity index (χ0n) is 8.13. The molecular weight excluding hydrogens is 152 g/mol. The van der Waals surface area contributed by atoms with Gasteiger partial charge in [0, 0.05) is 6.42 Å². The highest BCUT2D eigenvalue weighted by Crippen LogP contribution is 2.48. The maximum atomic E-state index is 10.4. The van der Waals surface area contributed by atoms with Crippen LogP contribution in [0.1, 0.15) is 40.0 Å². The molecular formula is C10H18O2. The highest BCUT2D eigenvalue weighted by atomic mass is 16.3. The second kappa shape index (κ2) is 2.84. The molecule has 1 rings (SSSR count). The fraction of sp³-hybridized carbons (Fsp3) is 0.900. The van der Waals surface area contributed by atoms with Crippen molar-refractivity contribution in [2.24, 2.45) is 11.3 Å². The SMILES string of the molecule is CC1CC(C)(C)CC1(O)CC=O. The molecule has 2 atom stereocenters. The van der Waals surface area contributed by atoms with Crippen LogP contribution in [0.15, 0.2) is 0 Å². The van der Waals surface area contributed by atoms with Gasteiger partial charge in [-0.1, -0.05) is 20.8 Å². The number of carbonyl (C=O) groups is 1. The Kier molecular flexibility index (Phi) is 2.30. The molecule has 0 heterocycles. The third-order valence-electron chi connectivity index (χ3n) is 3.00. The molecule has 0 aliphatic heterocycles. The lowest BCUT2D eigenvalue weighted by Crippen LogP contribution is -2.32. The first-order valence-corrected chi connectivity index (χ1v) is 4.56. The second-order valence-electron chi connectivity index (χ2n) is 4.92. The van der Waals surface area contributed by atoms with Crippen LogP contribution in [-0.4, -0.2) is 17.0 Å². The van der Waals surface area contributed by atoms with Gasteiger partial charge in [-0.25, -0.2) is 0 Å². The van der Waals surface area contributed by atoms with Gasteiger partial charge >= 0.3 is 0 Å². The van der Waals surface area contributed by atoms with Gasteiger partial charge in [-0.05, 0) is 24.2 Å². The van der Waals surface area contributed by atoms with E-state index in [1.807, 2.05) is 6.92 Å². The summed E-state index contributed by atoms with van der Waals surface area (Å²) in [6, 6.07) is 0. The van der Waals surface area contributed by atoms with Crippen molar-refractivity contribution in [2.75, 3.05) is 0 Å². The van der Waals surface area contributed by atoms with Crippen molar-refractivity contribution in [1.82, 2.24) is 0 Å². The van der Waals surface area contributed by atoms with Crippen LogP contribution in [0.2, 0.25) is 0 Å². The predicted molar refractivity (Wildman–Crippen MR) is 47.8 cm³/mol. The molecule has 1 aliphatic rings. The third-order valence-corrected chi connectivity index (χ3v) is 3.00. The molecule has 2 nitrogen and oxygen atoms in total. The van der Waals surface area contributed by atoms with Crippen LogP contribution in [0, 0.1) is 11.3 Å². The predicted octanol–water partition coefficient (Wildman–Crippen LogP) is 1.76. The fourth-order valence-corrected chi connectivity index (χ4v) is 2.51. The summed E-state index contributed by atoms with van der Waals surface area (Å²) in [4.78, 5) is 10.4. The normalized spacial score (nSPS) is 39.8. The van der Waals surface area contributed by atoms with Crippen LogP contribution in [0.4, 0.5) is 0 Å². The molecule has 0 saturated heterocycles. The van der Waals surface area contributed by atoms with Crippen molar-refractivity contribution in [2.45, 2.75) is 45.6 Å². The Labute approximate surface area is 74.0 Å². The summed E-state index contributed by atoms with van der Waals surface area (Å²) in [5, 5.41) is 10.1. The summed E-state index contributed by atoms with van der Waals surface area (Å²) in [6.07, 6.45) is 2.88. The van der Waals surface area contributed by atoms with Crippen molar-refractivity contribution < 1.29 is 9.90 Å². The molecule has 1 N–H and O–H groups in total. The maximum Gasteiger partial charge on any atom is 0.122 e. The van der Waals surface area contributed by atoms with Crippen molar-refractivity contribution >= 4 is 6.29 Å². The number of hydrogen-bond acceptors (Lipinski definition) is 2. The number of carbonyl (C=O) groups excluding carboxylic acids is 1. The summed E-state index contributed by atoms with van der Waals surface area (Å²) in [7, 11) is 0. The van der Waals surface area contributed by atoms with Crippen LogP contribution in [0.3, 0.4) is 0 Å². The van der Waals surface area contributed by atoms with E-state index in [0.717, 1.165) is 19.1 Å². The lowest BCUT2D eigenvalue weighted by atomic mass is 9.87. The lowest BCUT2D eigenvalue weighted by Gasteiger charge is -2.25. The van der Waals surface area contributed by atoms with E-state index in [1.165, 1.54) is 0 Å². The van der Waals surface area contributed by atoms with Crippen molar-refractivity contribution in [3.05, 3.63) is 0 Å². The Hall–Kier alpha value is -0.370. The van der Waals surface area contributed by atoms with E-state index in [2.05, 4.69) is 13.8 Å². The number of rotatable bonds is 2.